The normalized spacial score (nSPS) is 11.5. The first-order chi connectivity index (χ1) is 6.11. The van der Waals surface area contributed by atoms with Crippen molar-refractivity contribution in [1.29, 1.82) is 0 Å². The van der Waals surface area contributed by atoms with E-state index in [2.05, 4.69) is 19.7 Å². The van der Waals surface area contributed by atoms with Gasteiger partial charge in [-0.1, -0.05) is 24.2 Å². The summed E-state index contributed by atoms with van der Waals surface area (Å²) < 4.78 is 31.8. The second-order valence-electron chi connectivity index (χ2n) is 2.82. The first kappa shape index (κ1) is 10.0. The largest absolute Gasteiger partial charge is 0.345 e. The van der Waals surface area contributed by atoms with Gasteiger partial charge in [-0.25, -0.2) is 4.63 Å². The molecule has 1 rings (SSSR count). The van der Waals surface area contributed by atoms with Gasteiger partial charge in [0, 0.05) is 5.92 Å². The molecular formula is C7H10F2N2O2. The van der Waals surface area contributed by atoms with E-state index in [-0.39, 0.29) is 12.5 Å². The minimum atomic E-state index is -2.79. The van der Waals surface area contributed by atoms with Gasteiger partial charge >= 0.3 is 6.61 Å². The highest BCUT2D eigenvalue weighted by Gasteiger charge is 2.15. The molecule has 0 aliphatic rings. The zero-order chi connectivity index (χ0) is 9.84. The second kappa shape index (κ2) is 4.27. The maximum Gasteiger partial charge on any atom is 0.345 e. The molecule has 0 radical (unpaired) electrons. The van der Waals surface area contributed by atoms with Gasteiger partial charge < -0.3 is 4.74 Å². The van der Waals surface area contributed by atoms with Crippen LogP contribution in [0.3, 0.4) is 0 Å². The van der Waals surface area contributed by atoms with Crippen LogP contribution in [0.2, 0.25) is 0 Å². The summed E-state index contributed by atoms with van der Waals surface area (Å²) in [7, 11) is 0. The van der Waals surface area contributed by atoms with Crippen LogP contribution in [0.25, 0.3) is 0 Å². The predicted octanol–water partition coefficient (Wildman–Crippen LogP) is 1.93. The lowest BCUT2D eigenvalue weighted by molar-refractivity contribution is -0.138. The number of hydrogen-bond donors (Lipinski definition) is 0. The summed E-state index contributed by atoms with van der Waals surface area (Å²) in [4.78, 5) is 0. The van der Waals surface area contributed by atoms with Crippen LogP contribution in [0.1, 0.15) is 31.2 Å². The van der Waals surface area contributed by atoms with Crippen molar-refractivity contribution in [2.45, 2.75) is 33.0 Å². The lowest BCUT2D eigenvalue weighted by Crippen LogP contribution is -2.03. The third-order valence-corrected chi connectivity index (χ3v) is 1.48. The number of rotatable bonds is 4. The summed E-state index contributed by atoms with van der Waals surface area (Å²) in [6, 6.07) is 0. The van der Waals surface area contributed by atoms with Crippen molar-refractivity contribution < 1.29 is 18.1 Å². The van der Waals surface area contributed by atoms with E-state index in [4.69, 9.17) is 0 Å². The average molecular weight is 192 g/mol. The van der Waals surface area contributed by atoms with Crippen LogP contribution in [-0.2, 0) is 11.3 Å². The molecule has 1 aromatic rings. The molecule has 1 heterocycles. The smallest absolute Gasteiger partial charge is 0.316 e. The maximum absolute atomic E-state index is 11.7. The number of nitrogens with zero attached hydrogens (tertiary/aromatic N) is 2. The van der Waals surface area contributed by atoms with Gasteiger partial charge in [0.05, 0.1) is 0 Å². The Hall–Kier alpha value is -1.04. The molecule has 6 heteroatoms. The Morgan fingerprint density at radius 2 is 2.08 bits per heavy atom. The van der Waals surface area contributed by atoms with Crippen molar-refractivity contribution in [3.63, 3.8) is 0 Å². The molecule has 4 nitrogen and oxygen atoms in total. The maximum atomic E-state index is 11.7. The molecule has 74 valence electrons. The molecule has 1 aromatic heterocycles. The summed E-state index contributed by atoms with van der Waals surface area (Å²) in [5, 5.41) is 7.05. The molecule has 0 saturated heterocycles. The van der Waals surface area contributed by atoms with Crippen molar-refractivity contribution in [3.8, 4) is 0 Å². The zero-order valence-corrected chi connectivity index (χ0v) is 7.33. The Morgan fingerprint density at radius 3 is 2.62 bits per heavy atom. The molecule has 0 aliphatic heterocycles. The zero-order valence-electron chi connectivity index (χ0n) is 7.33. The molecule has 0 aliphatic carbocycles. The number of aromatic nitrogens is 2. The molecular weight excluding hydrogens is 182 g/mol. The van der Waals surface area contributed by atoms with Gasteiger partial charge in [0.25, 0.3) is 0 Å². The molecule has 0 saturated carbocycles. The van der Waals surface area contributed by atoms with Crippen molar-refractivity contribution in [2.24, 2.45) is 0 Å². The van der Waals surface area contributed by atoms with Gasteiger partial charge in [-0.05, 0) is 0 Å². The van der Waals surface area contributed by atoms with Crippen LogP contribution in [-0.4, -0.2) is 16.9 Å². The monoisotopic (exact) mass is 192 g/mol. The van der Waals surface area contributed by atoms with E-state index in [9.17, 15) is 8.78 Å². The van der Waals surface area contributed by atoms with Gasteiger partial charge in [0.1, 0.15) is 18.0 Å². The molecule has 0 atom stereocenters. The quantitative estimate of drug-likeness (QED) is 0.731. The topological polar surface area (TPSA) is 48.2 Å². The van der Waals surface area contributed by atoms with Crippen LogP contribution in [0.4, 0.5) is 8.78 Å². The number of halogens is 2. The van der Waals surface area contributed by atoms with Gasteiger partial charge in [0.2, 0.25) is 0 Å². The molecule has 0 fully saturated rings. The minimum absolute atomic E-state index is 0.0857. The standard InChI is InChI=1S/C7H10F2N2O2/c1-4(2)6-5(10-13-11-6)3-12-7(8)9/h4,7H,3H2,1-2H3. The number of hydrogen-bond acceptors (Lipinski definition) is 4. The van der Waals surface area contributed by atoms with Crippen molar-refractivity contribution in [3.05, 3.63) is 11.4 Å². The predicted molar refractivity (Wildman–Crippen MR) is 39.2 cm³/mol. The van der Waals surface area contributed by atoms with Gasteiger partial charge in [-0.15, -0.1) is 0 Å². The fourth-order valence-electron chi connectivity index (χ4n) is 0.894. The summed E-state index contributed by atoms with van der Waals surface area (Å²) in [5.74, 6) is 0.0857. The van der Waals surface area contributed by atoms with Crippen LogP contribution in [0.15, 0.2) is 4.63 Å². The van der Waals surface area contributed by atoms with Crippen molar-refractivity contribution in [2.75, 3.05) is 0 Å². The fourth-order valence-corrected chi connectivity index (χ4v) is 0.894. The fraction of sp³-hybridized carbons (Fsp3) is 0.714. The molecule has 0 unspecified atom stereocenters. The number of alkyl halides is 2. The highest BCUT2D eigenvalue weighted by atomic mass is 19.3. The Labute approximate surface area is 73.8 Å². The molecule has 0 bridgehead atoms. The Balaban J connectivity index is 2.60. The third kappa shape index (κ3) is 2.73. The third-order valence-electron chi connectivity index (χ3n) is 1.48. The van der Waals surface area contributed by atoms with Gasteiger partial charge in [-0.3, -0.25) is 0 Å². The lowest BCUT2D eigenvalue weighted by atomic mass is 10.1. The molecule has 0 spiro atoms. The van der Waals surface area contributed by atoms with E-state index in [1.807, 2.05) is 13.8 Å². The molecule has 13 heavy (non-hydrogen) atoms. The van der Waals surface area contributed by atoms with Gasteiger partial charge in [-0.2, -0.15) is 8.78 Å². The SMILES string of the molecule is CC(C)c1nonc1COC(F)F. The molecule has 0 N–H and O–H groups in total. The van der Waals surface area contributed by atoms with E-state index >= 15 is 0 Å². The Morgan fingerprint density at radius 1 is 1.38 bits per heavy atom. The van der Waals surface area contributed by atoms with Crippen molar-refractivity contribution in [1.82, 2.24) is 10.3 Å². The van der Waals surface area contributed by atoms with Crippen LogP contribution >= 0.6 is 0 Å². The summed E-state index contributed by atoms with van der Waals surface area (Å²) in [6.45, 7) is 0.669. The first-order valence-corrected chi connectivity index (χ1v) is 3.82. The highest BCUT2D eigenvalue weighted by Crippen LogP contribution is 2.16. The second-order valence-corrected chi connectivity index (χ2v) is 2.82. The average Bonchev–Trinajstić information content (AvgIpc) is 2.47. The summed E-state index contributed by atoms with van der Waals surface area (Å²) in [5.41, 5.74) is 0.885. The van der Waals surface area contributed by atoms with Crippen LogP contribution in [0, 0.1) is 0 Å². The van der Waals surface area contributed by atoms with Gasteiger partial charge in [0.15, 0.2) is 0 Å². The first-order valence-electron chi connectivity index (χ1n) is 3.82. The van der Waals surface area contributed by atoms with Crippen LogP contribution < -0.4 is 0 Å². The highest BCUT2D eigenvalue weighted by molar-refractivity contribution is 5.10. The summed E-state index contributed by atoms with van der Waals surface area (Å²) >= 11 is 0. The van der Waals surface area contributed by atoms with E-state index in [0.29, 0.717) is 11.4 Å². The Bertz CT molecular complexity index is 263. The van der Waals surface area contributed by atoms with E-state index in [1.54, 1.807) is 0 Å². The van der Waals surface area contributed by atoms with Crippen molar-refractivity contribution >= 4 is 0 Å². The minimum Gasteiger partial charge on any atom is -0.316 e. The van der Waals surface area contributed by atoms with E-state index in [1.165, 1.54) is 0 Å². The van der Waals surface area contributed by atoms with Crippen LogP contribution in [0.5, 0.6) is 0 Å². The number of ether oxygens (including phenoxy) is 1. The van der Waals surface area contributed by atoms with E-state index < -0.39 is 6.61 Å². The Kier molecular flexibility index (Phi) is 3.30. The summed E-state index contributed by atoms with van der Waals surface area (Å²) in [6.07, 6.45) is 0. The van der Waals surface area contributed by atoms with E-state index in [0.717, 1.165) is 0 Å². The molecule has 0 amide bonds. The lowest BCUT2D eigenvalue weighted by Gasteiger charge is -2.02. The molecule has 0 aromatic carbocycles.